The molecule has 1 rings (SSSR count). The Balaban J connectivity index is 3.05. The van der Waals surface area contributed by atoms with E-state index in [0.29, 0.717) is 12.0 Å². The number of nitrogens with one attached hydrogen (secondary N) is 3. The first kappa shape index (κ1) is 31.0. The van der Waals surface area contributed by atoms with E-state index >= 15 is 0 Å². The van der Waals surface area contributed by atoms with E-state index in [1.807, 2.05) is 0 Å². The lowest BCUT2D eigenvalue weighted by Crippen LogP contribution is -2.59. The molecular weight excluding hydrogens is 488 g/mol. The Labute approximate surface area is 213 Å². The van der Waals surface area contributed by atoms with E-state index in [9.17, 15) is 33.9 Å². The summed E-state index contributed by atoms with van der Waals surface area (Å²) in [6.45, 7) is 3.41. The highest BCUT2D eigenvalue weighted by Gasteiger charge is 2.33. The van der Waals surface area contributed by atoms with Crippen molar-refractivity contribution in [2.45, 2.75) is 70.1 Å². The van der Waals surface area contributed by atoms with Gasteiger partial charge in [0, 0.05) is 12.8 Å². The molecule has 204 valence electrons. The van der Waals surface area contributed by atoms with Gasteiger partial charge in [0.2, 0.25) is 17.7 Å². The van der Waals surface area contributed by atoms with Crippen LogP contribution in [0.25, 0.3) is 0 Å². The first-order valence-electron chi connectivity index (χ1n) is 11.7. The summed E-state index contributed by atoms with van der Waals surface area (Å²) in [6, 6.07) is 3.24. The Kier molecular flexibility index (Phi) is 12.7. The smallest absolute Gasteiger partial charge is 0.326 e. The number of carbonyl (C=O) groups excluding carboxylic acids is 3. The SMILES string of the molecule is CCC(C)C(NC(=O)C(CCC(=O)O)NC(=O)C(N)CC(=O)O)C(=O)NC(Cc1ccccc1)C(=O)O. The maximum absolute atomic E-state index is 13.1. The van der Waals surface area contributed by atoms with Crippen molar-refractivity contribution >= 4 is 35.6 Å². The first-order valence-corrected chi connectivity index (χ1v) is 11.7. The first-order chi connectivity index (χ1) is 17.3. The molecule has 0 fully saturated rings. The quantitative estimate of drug-likeness (QED) is 0.147. The average molecular weight is 523 g/mol. The van der Waals surface area contributed by atoms with Gasteiger partial charge in [-0.3, -0.25) is 24.0 Å². The summed E-state index contributed by atoms with van der Waals surface area (Å²) >= 11 is 0. The lowest BCUT2D eigenvalue weighted by molar-refractivity contribution is -0.142. The van der Waals surface area contributed by atoms with E-state index in [0.717, 1.165) is 0 Å². The van der Waals surface area contributed by atoms with Crippen molar-refractivity contribution in [3.63, 3.8) is 0 Å². The van der Waals surface area contributed by atoms with Crippen LogP contribution in [-0.4, -0.2) is 75.1 Å². The standard InChI is InChI=1S/C24H34N4O9/c1-3-13(2)20(23(35)27-17(24(36)37)11-14-7-5-4-6-8-14)28-22(34)16(9-10-18(29)30)26-21(33)15(25)12-19(31)32/h4-8,13,15-17,20H,3,9-12,25H2,1-2H3,(H,26,33)(H,27,35)(H,28,34)(H,29,30)(H,31,32)(H,36,37). The molecule has 0 spiro atoms. The average Bonchev–Trinajstić information content (AvgIpc) is 2.83. The Hall–Kier alpha value is -4.00. The minimum atomic E-state index is -1.49. The fraction of sp³-hybridized carbons (Fsp3) is 0.500. The number of rotatable bonds is 16. The number of amides is 3. The molecule has 5 unspecified atom stereocenters. The lowest BCUT2D eigenvalue weighted by atomic mass is 9.96. The Morgan fingerprint density at radius 2 is 1.43 bits per heavy atom. The molecule has 1 aromatic carbocycles. The third-order valence-corrected chi connectivity index (χ3v) is 5.70. The van der Waals surface area contributed by atoms with E-state index in [4.69, 9.17) is 15.9 Å². The van der Waals surface area contributed by atoms with E-state index in [1.165, 1.54) is 0 Å². The number of hydrogen-bond donors (Lipinski definition) is 7. The van der Waals surface area contributed by atoms with Gasteiger partial charge >= 0.3 is 17.9 Å². The zero-order valence-electron chi connectivity index (χ0n) is 20.7. The second kappa shape index (κ2) is 15.2. The van der Waals surface area contributed by atoms with Crippen LogP contribution in [0, 0.1) is 5.92 Å². The molecule has 0 aliphatic carbocycles. The Morgan fingerprint density at radius 1 is 0.838 bits per heavy atom. The summed E-state index contributed by atoms with van der Waals surface area (Å²) < 4.78 is 0. The second-order valence-corrected chi connectivity index (χ2v) is 8.66. The molecule has 0 bridgehead atoms. The van der Waals surface area contributed by atoms with Crippen LogP contribution in [0.3, 0.4) is 0 Å². The van der Waals surface area contributed by atoms with Gasteiger partial charge in [-0.15, -0.1) is 0 Å². The molecule has 8 N–H and O–H groups in total. The predicted molar refractivity (Wildman–Crippen MR) is 130 cm³/mol. The molecule has 0 aliphatic rings. The maximum Gasteiger partial charge on any atom is 0.326 e. The van der Waals surface area contributed by atoms with Crippen LogP contribution < -0.4 is 21.7 Å². The highest BCUT2D eigenvalue weighted by molar-refractivity contribution is 5.95. The molecular formula is C24H34N4O9. The van der Waals surface area contributed by atoms with Crippen LogP contribution >= 0.6 is 0 Å². The third kappa shape index (κ3) is 11.1. The zero-order valence-corrected chi connectivity index (χ0v) is 20.7. The van der Waals surface area contributed by atoms with Crippen LogP contribution in [0.15, 0.2) is 30.3 Å². The van der Waals surface area contributed by atoms with Crippen molar-refractivity contribution in [3.05, 3.63) is 35.9 Å². The zero-order chi connectivity index (χ0) is 28.1. The summed E-state index contributed by atoms with van der Waals surface area (Å²) in [5, 5.41) is 34.6. The topological polar surface area (TPSA) is 225 Å². The lowest BCUT2D eigenvalue weighted by Gasteiger charge is -2.28. The third-order valence-electron chi connectivity index (χ3n) is 5.70. The van der Waals surface area contributed by atoms with Crippen molar-refractivity contribution < 1.29 is 44.1 Å². The molecule has 0 aromatic heterocycles. The van der Waals surface area contributed by atoms with E-state index < -0.39 is 78.6 Å². The normalized spacial score (nSPS) is 14.8. The van der Waals surface area contributed by atoms with Crippen LogP contribution in [0.2, 0.25) is 0 Å². The largest absolute Gasteiger partial charge is 0.481 e. The molecule has 0 radical (unpaired) electrons. The van der Waals surface area contributed by atoms with Crippen molar-refractivity contribution in [2.24, 2.45) is 11.7 Å². The van der Waals surface area contributed by atoms with Crippen molar-refractivity contribution in [1.82, 2.24) is 16.0 Å². The molecule has 13 nitrogen and oxygen atoms in total. The minimum Gasteiger partial charge on any atom is -0.481 e. The van der Waals surface area contributed by atoms with Gasteiger partial charge in [0.05, 0.1) is 12.5 Å². The number of carboxylic acid groups (broad SMARTS) is 3. The van der Waals surface area contributed by atoms with Gasteiger partial charge in [0.15, 0.2) is 0 Å². The Morgan fingerprint density at radius 3 is 1.95 bits per heavy atom. The second-order valence-electron chi connectivity index (χ2n) is 8.66. The van der Waals surface area contributed by atoms with Gasteiger partial charge < -0.3 is 37.0 Å². The predicted octanol–water partition coefficient (Wildman–Crippen LogP) is -0.519. The van der Waals surface area contributed by atoms with Gasteiger partial charge in [0.1, 0.15) is 18.1 Å². The van der Waals surface area contributed by atoms with Gasteiger partial charge in [-0.25, -0.2) is 4.79 Å². The number of carbonyl (C=O) groups is 6. The number of aliphatic carboxylic acids is 3. The number of carboxylic acids is 3. The van der Waals surface area contributed by atoms with Gasteiger partial charge in [0.25, 0.3) is 0 Å². The van der Waals surface area contributed by atoms with E-state index in [1.54, 1.807) is 44.2 Å². The highest BCUT2D eigenvalue weighted by Crippen LogP contribution is 2.11. The fourth-order valence-corrected chi connectivity index (χ4v) is 3.36. The molecule has 13 heteroatoms. The molecule has 5 atom stereocenters. The van der Waals surface area contributed by atoms with Gasteiger partial charge in [-0.1, -0.05) is 50.6 Å². The summed E-state index contributed by atoms with van der Waals surface area (Å²) in [5.41, 5.74) is 6.20. The summed E-state index contributed by atoms with van der Waals surface area (Å²) in [6.07, 6.45) is -1.15. The van der Waals surface area contributed by atoms with E-state index in [2.05, 4.69) is 16.0 Å². The summed E-state index contributed by atoms with van der Waals surface area (Å²) in [5.74, 6) is -6.96. The van der Waals surface area contributed by atoms with Crippen molar-refractivity contribution in [2.75, 3.05) is 0 Å². The Bertz CT molecular complexity index is 970. The number of benzene rings is 1. The molecule has 0 saturated heterocycles. The maximum atomic E-state index is 13.1. The molecule has 1 aromatic rings. The molecule has 37 heavy (non-hydrogen) atoms. The molecule has 0 aliphatic heterocycles. The molecule has 3 amide bonds. The monoisotopic (exact) mass is 522 g/mol. The van der Waals surface area contributed by atoms with Crippen molar-refractivity contribution in [3.8, 4) is 0 Å². The van der Waals surface area contributed by atoms with Crippen LogP contribution in [0.5, 0.6) is 0 Å². The number of nitrogens with two attached hydrogens (primary N) is 1. The summed E-state index contributed by atoms with van der Waals surface area (Å²) in [4.78, 5) is 72.0. The van der Waals surface area contributed by atoms with Gasteiger partial charge in [-0.2, -0.15) is 0 Å². The summed E-state index contributed by atoms with van der Waals surface area (Å²) in [7, 11) is 0. The van der Waals surface area contributed by atoms with Gasteiger partial charge in [-0.05, 0) is 17.9 Å². The number of hydrogen-bond acceptors (Lipinski definition) is 7. The van der Waals surface area contributed by atoms with Crippen LogP contribution in [0.1, 0.15) is 45.1 Å². The van der Waals surface area contributed by atoms with Crippen LogP contribution in [0.4, 0.5) is 0 Å². The highest BCUT2D eigenvalue weighted by atomic mass is 16.4. The molecule has 0 heterocycles. The fourth-order valence-electron chi connectivity index (χ4n) is 3.36. The minimum absolute atomic E-state index is 0.00183. The van der Waals surface area contributed by atoms with Crippen molar-refractivity contribution in [1.29, 1.82) is 0 Å². The molecule has 0 saturated carbocycles. The van der Waals surface area contributed by atoms with E-state index in [-0.39, 0.29) is 12.8 Å². The van der Waals surface area contributed by atoms with Crippen LogP contribution in [-0.2, 0) is 35.2 Å².